The van der Waals surface area contributed by atoms with Crippen molar-refractivity contribution in [2.45, 2.75) is 0 Å². The van der Waals surface area contributed by atoms with E-state index in [0.29, 0.717) is 22.6 Å². The minimum Gasteiger partial charge on any atom is -0.484 e. The van der Waals surface area contributed by atoms with Crippen molar-refractivity contribution in [3.8, 4) is 11.8 Å². The molecule has 110 valence electrons. The lowest BCUT2D eigenvalue weighted by Crippen LogP contribution is -2.20. The van der Waals surface area contributed by atoms with Crippen LogP contribution in [0.25, 0.3) is 0 Å². The minimum absolute atomic E-state index is 0.206. The highest BCUT2D eigenvalue weighted by molar-refractivity contribution is 5.93. The van der Waals surface area contributed by atoms with Gasteiger partial charge in [-0.25, -0.2) is 0 Å². The molecule has 3 N–H and O–H groups in total. The Balaban J connectivity index is 1.91. The van der Waals surface area contributed by atoms with Crippen LogP contribution in [0.3, 0.4) is 0 Å². The number of nitrogens with zero attached hydrogens (tertiary/aromatic N) is 1. The average molecular weight is 295 g/mol. The maximum atomic E-state index is 11.8. The molecule has 0 aromatic heterocycles. The molecule has 0 aliphatic heterocycles. The number of nitrogens with two attached hydrogens (primary N) is 1. The third-order valence-corrected chi connectivity index (χ3v) is 2.79. The fraction of sp³-hybridized carbons (Fsp3) is 0.0625. The molecular weight excluding hydrogens is 282 g/mol. The van der Waals surface area contributed by atoms with Crippen LogP contribution in [0, 0.1) is 11.3 Å². The predicted octanol–water partition coefficient (Wildman–Crippen LogP) is 1.67. The van der Waals surface area contributed by atoms with Crippen LogP contribution in [0.5, 0.6) is 5.75 Å². The zero-order valence-corrected chi connectivity index (χ0v) is 11.6. The number of hydrogen-bond acceptors (Lipinski definition) is 4. The number of ether oxygens (including phenoxy) is 1. The fourth-order valence-corrected chi connectivity index (χ4v) is 1.71. The molecule has 22 heavy (non-hydrogen) atoms. The first-order valence-corrected chi connectivity index (χ1v) is 6.41. The molecule has 2 amide bonds. The van der Waals surface area contributed by atoms with Gasteiger partial charge in [0.15, 0.2) is 6.61 Å². The lowest BCUT2D eigenvalue weighted by atomic mass is 10.2. The summed E-state index contributed by atoms with van der Waals surface area (Å²) in [6.07, 6.45) is 0. The number of rotatable bonds is 5. The molecule has 2 aromatic rings. The first kappa shape index (κ1) is 15.1. The molecule has 6 nitrogen and oxygen atoms in total. The van der Waals surface area contributed by atoms with Crippen molar-refractivity contribution in [3.05, 3.63) is 59.7 Å². The highest BCUT2D eigenvalue weighted by Gasteiger charge is 2.06. The third kappa shape index (κ3) is 4.08. The Morgan fingerprint density at radius 3 is 2.55 bits per heavy atom. The molecule has 0 aliphatic carbocycles. The van der Waals surface area contributed by atoms with E-state index in [1.807, 2.05) is 6.07 Å². The van der Waals surface area contributed by atoms with E-state index in [1.54, 1.807) is 42.5 Å². The van der Waals surface area contributed by atoms with E-state index in [4.69, 9.17) is 15.7 Å². The molecule has 6 heteroatoms. The summed E-state index contributed by atoms with van der Waals surface area (Å²) >= 11 is 0. The highest BCUT2D eigenvalue weighted by atomic mass is 16.5. The summed E-state index contributed by atoms with van der Waals surface area (Å²) in [5.41, 5.74) is 6.56. The Morgan fingerprint density at radius 2 is 1.91 bits per heavy atom. The molecule has 0 aliphatic rings. The zero-order valence-electron chi connectivity index (χ0n) is 11.6. The van der Waals surface area contributed by atoms with Gasteiger partial charge in [0, 0.05) is 11.3 Å². The monoisotopic (exact) mass is 295 g/mol. The summed E-state index contributed by atoms with van der Waals surface area (Å²) in [4.78, 5) is 22.8. The lowest BCUT2D eigenvalue weighted by molar-refractivity contribution is -0.118. The Hall–Kier alpha value is -3.33. The average Bonchev–Trinajstić information content (AvgIpc) is 2.54. The van der Waals surface area contributed by atoms with E-state index >= 15 is 0 Å². The summed E-state index contributed by atoms with van der Waals surface area (Å²) < 4.78 is 5.30. The quantitative estimate of drug-likeness (QED) is 0.875. The van der Waals surface area contributed by atoms with Gasteiger partial charge in [-0.15, -0.1) is 0 Å². The van der Waals surface area contributed by atoms with Gasteiger partial charge >= 0.3 is 0 Å². The molecule has 0 fully saturated rings. The lowest BCUT2D eigenvalue weighted by Gasteiger charge is -2.08. The van der Waals surface area contributed by atoms with E-state index in [-0.39, 0.29) is 12.5 Å². The van der Waals surface area contributed by atoms with Gasteiger partial charge < -0.3 is 15.8 Å². The smallest absolute Gasteiger partial charge is 0.262 e. The van der Waals surface area contributed by atoms with Gasteiger partial charge in [0.05, 0.1) is 11.6 Å². The summed E-state index contributed by atoms with van der Waals surface area (Å²) in [5.74, 6) is -0.534. The molecule has 0 radical (unpaired) electrons. The summed E-state index contributed by atoms with van der Waals surface area (Å²) in [6.45, 7) is -0.206. The van der Waals surface area contributed by atoms with E-state index in [0.717, 1.165) is 0 Å². The first-order valence-electron chi connectivity index (χ1n) is 6.41. The molecule has 0 unspecified atom stereocenters. The van der Waals surface area contributed by atoms with Crippen LogP contribution in [0.4, 0.5) is 5.69 Å². The summed E-state index contributed by atoms with van der Waals surface area (Å²) in [6, 6.07) is 14.7. The van der Waals surface area contributed by atoms with Crippen molar-refractivity contribution in [2.24, 2.45) is 5.73 Å². The summed E-state index contributed by atoms with van der Waals surface area (Å²) in [5, 5.41) is 11.3. The molecule has 0 heterocycles. The number of nitrogens with one attached hydrogen (secondary N) is 1. The molecule has 0 spiro atoms. The molecule has 0 saturated heterocycles. The van der Waals surface area contributed by atoms with Crippen molar-refractivity contribution in [1.29, 1.82) is 5.26 Å². The SMILES string of the molecule is N#Cc1ccc(NC(=O)COc2cccc(C(N)=O)c2)cc1. The van der Waals surface area contributed by atoms with Crippen molar-refractivity contribution < 1.29 is 14.3 Å². The summed E-state index contributed by atoms with van der Waals surface area (Å²) in [7, 11) is 0. The topological polar surface area (TPSA) is 105 Å². The predicted molar refractivity (Wildman–Crippen MR) is 80.2 cm³/mol. The van der Waals surface area contributed by atoms with Crippen LogP contribution in [0.1, 0.15) is 15.9 Å². The Bertz CT molecular complexity index is 733. The van der Waals surface area contributed by atoms with Crippen LogP contribution in [0.15, 0.2) is 48.5 Å². The van der Waals surface area contributed by atoms with Gasteiger partial charge in [0.25, 0.3) is 5.91 Å². The number of anilines is 1. The van der Waals surface area contributed by atoms with Crippen LogP contribution < -0.4 is 15.8 Å². The Kier molecular flexibility index (Phi) is 4.73. The normalized spacial score (nSPS) is 9.59. The second kappa shape index (κ2) is 6.90. The van der Waals surface area contributed by atoms with Crippen molar-refractivity contribution in [3.63, 3.8) is 0 Å². The standard InChI is InChI=1S/C16H13N3O3/c17-9-11-4-6-13(7-5-11)19-15(20)10-22-14-3-1-2-12(8-14)16(18)21/h1-8H,10H2,(H2,18,21)(H,19,20). The van der Waals surface area contributed by atoms with Gasteiger partial charge in [0.1, 0.15) is 5.75 Å². The van der Waals surface area contributed by atoms with Crippen molar-refractivity contribution in [2.75, 3.05) is 11.9 Å². The highest BCUT2D eigenvalue weighted by Crippen LogP contribution is 2.13. The number of nitriles is 1. The van der Waals surface area contributed by atoms with E-state index in [2.05, 4.69) is 5.32 Å². The van der Waals surface area contributed by atoms with Gasteiger partial charge in [-0.1, -0.05) is 6.07 Å². The largest absolute Gasteiger partial charge is 0.484 e. The third-order valence-electron chi connectivity index (χ3n) is 2.79. The molecule has 0 bridgehead atoms. The van der Waals surface area contributed by atoms with Crippen molar-refractivity contribution >= 4 is 17.5 Å². The number of carbonyl (C=O) groups is 2. The number of benzene rings is 2. The van der Waals surface area contributed by atoms with Crippen LogP contribution in [-0.2, 0) is 4.79 Å². The number of hydrogen-bond donors (Lipinski definition) is 2. The van der Waals surface area contributed by atoms with Crippen LogP contribution >= 0.6 is 0 Å². The van der Waals surface area contributed by atoms with Crippen molar-refractivity contribution in [1.82, 2.24) is 0 Å². The Morgan fingerprint density at radius 1 is 1.18 bits per heavy atom. The second-order valence-corrected chi connectivity index (χ2v) is 4.42. The van der Waals surface area contributed by atoms with Crippen LogP contribution in [-0.4, -0.2) is 18.4 Å². The number of primary amides is 1. The van der Waals surface area contributed by atoms with Crippen LogP contribution in [0.2, 0.25) is 0 Å². The second-order valence-electron chi connectivity index (χ2n) is 4.42. The van der Waals surface area contributed by atoms with E-state index in [9.17, 15) is 9.59 Å². The molecular formula is C16H13N3O3. The van der Waals surface area contributed by atoms with E-state index < -0.39 is 5.91 Å². The van der Waals surface area contributed by atoms with Gasteiger partial charge in [0.2, 0.25) is 5.91 Å². The van der Waals surface area contributed by atoms with Gasteiger partial charge in [-0.3, -0.25) is 9.59 Å². The molecule has 0 saturated carbocycles. The maximum absolute atomic E-state index is 11.8. The minimum atomic E-state index is -0.563. The maximum Gasteiger partial charge on any atom is 0.262 e. The van der Waals surface area contributed by atoms with Gasteiger partial charge in [-0.2, -0.15) is 5.26 Å². The zero-order chi connectivity index (χ0) is 15.9. The number of carbonyl (C=O) groups excluding carboxylic acids is 2. The fourth-order valence-electron chi connectivity index (χ4n) is 1.71. The number of amides is 2. The molecule has 0 atom stereocenters. The molecule has 2 aromatic carbocycles. The molecule has 2 rings (SSSR count). The Labute approximate surface area is 127 Å². The van der Waals surface area contributed by atoms with Gasteiger partial charge in [-0.05, 0) is 42.5 Å². The van der Waals surface area contributed by atoms with E-state index in [1.165, 1.54) is 6.07 Å². The first-order chi connectivity index (χ1) is 10.6.